The number of carbonyl (C=O) groups is 1. The van der Waals surface area contributed by atoms with E-state index < -0.39 is 75.2 Å². The molecule has 1 saturated carbocycles. The van der Waals surface area contributed by atoms with Crippen molar-refractivity contribution >= 4 is 13.7 Å². The summed E-state index contributed by atoms with van der Waals surface area (Å²) in [7, 11) is -5.14. The Kier molecular flexibility index (Phi) is 28.7. The van der Waals surface area contributed by atoms with Crippen molar-refractivity contribution in [2.24, 2.45) is 0 Å². The predicted octanol–water partition coefficient (Wildman–Crippen LogP) is 5.41. The van der Waals surface area contributed by atoms with Gasteiger partial charge in [-0.25, -0.2) is 4.57 Å². The van der Waals surface area contributed by atoms with E-state index in [1.165, 1.54) is 70.3 Å². The summed E-state index contributed by atoms with van der Waals surface area (Å²) in [6, 6.07) is -1.26. The van der Waals surface area contributed by atoms with Crippen molar-refractivity contribution < 1.29 is 59.0 Å². The minimum Gasteiger partial charge on any atom is -0.393 e. The highest BCUT2D eigenvalue weighted by Gasteiger charge is 2.51. The van der Waals surface area contributed by atoms with E-state index in [-0.39, 0.29) is 6.42 Å². The van der Waals surface area contributed by atoms with E-state index in [4.69, 9.17) is 9.05 Å². The van der Waals surface area contributed by atoms with E-state index >= 15 is 0 Å². The molecule has 1 aliphatic rings. The molecule has 1 fully saturated rings. The van der Waals surface area contributed by atoms with Crippen LogP contribution < -0.4 is 5.32 Å². The lowest BCUT2D eigenvalue weighted by Gasteiger charge is -2.41. The van der Waals surface area contributed by atoms with Gasteiger partial charge in [0.1, 0.15) is 36.6 Å². The monoisotopic (exact) mass is 791 g/mol. The number of hydrogen-bond donors (Lipinski definition) is 9. The average molecular weight is 792 g/mol. The quantitative estimate of drug-likeness (QED) is 0.0237. The van der Waals surface area contributed by atoms with Gasteiger partial charge in [-0.15, -0.1) is 0 Å². The van der Waals surface area contributed by atoms with Crippen LogP contribution in [-0.4, -0.2) is 108 Å². The first kappa shape index (κ1) is 50.5. The zero-order valence-corrected chi connectivity index (χ0v) is 33.8. The van der Waals surface area contributed by atoms with Crippen LogP contribution in [-0.2, 0) is 18.4 Å². The van der Waals surface area contributed by atoms with E-state index in [1.54, 1.807) is 6.08 Å². The molecule has 8 atom stereocenters. The molecule has 0 spiro atoms. The second kappa shape index (κ2) is 30.6. The molecule has 14 heteroatoms. The van der Waals surface area contributed by atoms with Crippen LogP contribution in [0.2, 0.25) is 0 Å². The number of phosphoric ester groups is 1. The van der Waals surface area contributed by atoms with Crippen LogP contribution in [0, 0.1) is 0 Å². The van der Waals surface area contributed by atoms with Gasteiger partial charge < -0.3 is 46.0 Å². The third-order valence-corrected chi connectivity index (χ3v) is 10.7. The average Bonchev–Trinajstić information content (AvgIpc) is 3.14. The molecule has 1 amide bonds. The topological polar surface area (TPSA) is 226 Å². The summed E-state index contributed by atoms with van der Waals surface area (Å²) >= 11 is 0. The number of aliphatic hydroxyl groups is 7. The number of nitrogens with one attached hydrogen (secondary N) is 1. The maximum absolute atomic E-state index is 12.9. The lowest BCUT2D eigenvalue weighted by atomic mass is 9.85. The minimum absolute atomic E-state index is 0.255. The molecule has 0 bridgehead atoms. The largest absolute Gasteiger partial charge is 0.472 e. The summed E-state index contributed by atoms with van der Waals surface area (Å²) < 4.78 is 22.7. The van der Waals surface area contributed by atoms with Gasteiger partial charge in [0.2, 0.25) is 5.91 Å². The zero-order valence-electron chi connectivity index (χ0n) is 32.9. The molecule has 0 heterocycles. The molecule has 1 aliphatic carbocycles. The van der Waals surface area contributed by atoms with E-state index in [0.717, 1.165) is 44.9 Å². The van der Waals surface area contributed by atoms with Gasteiger partial charge in [-0.1, -0.05) is 134 Å². The maximum atomic E-state index is 12.9. The van der Waals surface area contributed by atoms with Gasteiger partial charge in [0.15, 0.2) is 0 Å². The molecule has 1 rings (SSSR count). The van der Waals surface area contributed by atoms with Crippen molar-refractivity contribution in [2.45, 2.75) is 204 Å². The van der Waals surface area contributed by atoms with E-state index in [9.17, 15) is 50.0 Å². The first-order valence-electron chi connectivity index (χ1n) is 20.5. The third kappa shape index (κ3) is 22.9. The molecular formula is C40H74NO12P. The molecule has 8 unspecified atom stereocenters. The van der Waals surface area contributed by atoms with Crippen molar-refractivity contribution in [3.05, 3.63) is 36.5 Å². The molecule has 0 saturated heterocycles. The molecule has 0 radical (unpaired) electrons. The molecule has 0 aromatic heterocycles. The van der Waals surface area contributed by atoms with E-state index in [0.29, 0.717) is 19.3 Å². The Hall–Kier alpha value is -1.48. The maximum Gasteiger partial charge on any atom is 0.472 e. The van der Waals surface area contributed by atoms with Gasteiger partial charge in [0.25, 0.3) is 0 Å². The predicted molar refractivity (Wildman–Crippen MR) is 210 cm³/mol. The molecule has 0 aromatic rings. The van der Waals surface area contributed by atoms with Crippen molar-refractivity contribution in [1.29, 1.82) is 0 Å². The SMILES string of the molecule is CCCCC/C=C/CC/C=C/CC/C=C/C(O)C(COP(=O)(O)OC1C(O)C(O)C(O)C(O)C1O)NC(=O)CC(O)CCCCCCCCCCCCC. The smallest absolute Gasteiger partial charge is 0.393 e. The summed E-state index contributed by atoms with van der Waals surface area (Å²) in [5, 5.41) is 74.1. The van der Waals surface area contributed by atoms with E-state index in [1.807, 2.05) is 6.08 Å². The highest BCUT2D eigenvalue weighted by molar-refractivity contribution is 7.47. The number of rotatable bonds is 32. The van der Waals surface area contributed by atoms with Gasteiger partial charge in [0.05, 0.1) is 31.3 Å². The van der Waals surface area contributed by atoms with Crippen molar-refractivity contribution in [3.63, 3.8) is 0 Å². The normalized spacial score (nSPS) is 25.0. The second-order valence-electron chi connectivity index (χ2n) is 14.7. The highest BCUT2D eigenvalue weighted by atomic mass is 31.2. The van der Waals surface area contributed by atoms with Crippen LogP contribution in [0.4, 0.5) is 0 Å². The molecule has 54 heavy (non-hydrogen) atoms. The number of unbranched alkanes of at least 4 members (excludes halogenated alkanes) is 15. The summed E-state index contributed by atoms with van der Waals surface area (Å²) in [4.78, 5) is 23.3. The van der Waals surface area contributed by atoms with Gasteiger partial charge >= 0.3 is 7.82 Å². The Bertz CT molecular complexity index is 1080. The number of hydrogen-bond acceptors (Lipinski definition) is 11. The Balaban J connectivity index is 2.68. The first-order chi connectivity index (χ1) is 25.8. The number of phosphoric acid groups is 1. The molecule has 0 aliphatic heterocycles. The number of carbonyl (C=O) groups excluding carboxylic acids is 1. The van der Waals surface area contributed by atoms with Crippen LogP contribution in [0.5, 0.6) is 0 Å². The summed E-state index contributed by atoms with van der Waals surface area (Å²) in [5.41, 5.74) is 0. The summed E-state index contributed by atoms with van der Waals surface area (Å²) in [6.07, 6.45) is 18.3. The zero-order chi connectivity index (χ0) is 40.2. The third-order valence-electron chi connectivity index (χ3n) is 9.71. The Labute approximate surface area is 324 Å². The lowest BCUT2D eigenvalue weighted by molar-refractivity contribution is -0.220. The number of amides is 1. The standard InChI is InChI=1S/C40H74NO12P/c1-3-5-7-9-11-13-15-16-18-20-22-24-26-28-33(43)32(30-52-54(50,51)53-40-38(48)36(46)35(45)37(47)39(40)49)41-34(44)29-31(42)27-25-23-21-19-17-14-12-10-8-6-4-2/h11,13,18,20,26,28,31-33,35-40,42-43,45-49H,3-10,12,14-17,19,21-25,27,29-30H2,1-2H3,(H,41,44)(H,50,51)/b13-11+,20-18+,28-26+. The van der Waals surface area contributed by atoms with Crippen LogP contribution in [0.25, 0.3) is 0 Å². The number of aliphatic hydroxyl groups excluding tert-OH is 7. The van der Waals surface area contributed by atoms with Gasteiger partial charge in [0, 0.05) is 0 Å². The number of allylic oxidation sites excluding steroid dienone is 5. The molecule has 0 aromatic carbocycles. The molecule has 316 valence electrons. The van der Waals surface area contributed by atoms with Crippen LogP contribution >= 0.6 is 7.82 Å². The first-order valence-corrected chi connectivity index (χ1v) is 22.0. The Morgan fingerprint density at radius 3 is 1.63 bits per heavy atom. The van der Waals surface area contributed by atoms with Crippen LogP contribution in [0.3, 0.4) is 0 Å². The van der Waals surface area contributed by atoms with Gasteiger partial charge in [-0.2, -0.15) is 0 Å². The van der Waals surface area contributed by atoms with Crippen molar-refractivity contribution in [3.8, 4) is 0 Å². The fourth-order valence-electron chi connectivity index (χ4n) is 6.27. The van der Waals surface area contributed by atoms with Crippen molar-refractivity contribution in [1.82, 2.24) is 5.32 Å². The molecule has 13 nitrogen and oxygen atoms in total. The van der Waals surface area contributed by atoms with Crippen LogP contribution in [0.15, 0.2) is 36.5 Å². The summed E-state index contributed by atoms with van der Waals surface area (Å²) in [5.74, 6) is -0.610. The van der Waals surface area contributed by atoms with Gasteiger partial charge in [-0.05, 0) is 44.9 Å². The Morgan fingerprint density at radius 2 is 1.09 bits per heavy atom. The van der Waals surface area contributed by atoms with Crippen molar-refractivity contribution in [2.75, 3.05) is 6.61 Å². The fourth-order valence-corrected chi connectivity index (χ4v) is 7.24. The second-order valence-corrected chi connectivity index (χ2v) is 16.1. The van der Waals surface area contributed by atoms with E-state index in [2.05, 4.69) is 37.4 Å². The fraction of sp³-hybridized carbons (Fsp3) is 0.825. The van der Waals surface area contributed by atoms with Gasteiger partial charge in [-0.3, -0.25) is 13.8 Å². The van der Waals surface area contributed by atoms with Crippen LogP contribution in [0.1, 0.15) is 149 Å². The lowest BCUT2D eigenvalue weighted by Crippen LogP contribution is -2.64. The minimum atomic E-state index is -5.14. The summed E-state index contributed by atoms with van der Waals surface area (Å²) in [6.45, 7) is 3.64. The molecule has 9 N–H and O–H groups in total. The Morgan fingerprint density at radius 1 is 0.648 bits per heavy atom. The highest BCUT2D eigenvalue weighted by Crippen LogP contribution is 2.47. The molecular weight excluding hydrogens is 717 g/mol.